The minimum absolute atomic E-state index is 0.00694. The van der Waals surface area contributed by atoms with Crippen LogP contribution in [-0.2, 0) is 14.9 Å². The van der Waals surface area contributed by atoms with Crippen LogP contribution in [0, 0.1) is 0 Å². The highest BCUT2D eigenvalue weighted by atomic mass is 35.5. The number of hydrogen-bond acceptors (Lipinski definition) is 6. The molecule has 0 saturated carbocycles. The van der Waals surface area contributed by atoms with E-state index in [1.54, 1.807) is 0 Å². The maximum atomic E-state index is 11.2. The largest absolute Gasteiger partial charge is 0.464 e. The fourth-order valence-corrected chi connectivity index (χ4v) is 5.96. The molecule has 0 aromatic heterocycles. The van der Waals surface area contributed by atoms with Gasteiger partial charge in [-0.25, -0.2) is 0 Å². The van der Waals surface area contributed by atoms with Gasteiger partial charge < -0.3 is 9.64 Å². The van der Waals surface area contributed by atoms with Crippen molar-refractivity contribution in [3.63, 3.8) is 0 Å². The van der Waals surface area contributed by atoms with Crippen LogP contribution in [0.15, 0.2) is 77.1 Å². The minimum atomic E-state index is -0.485. The lowest BCUT2D eigenvalue weighted by Crippen LogP contribution is -2.60. The first-order chi connectivity index (χ1) is 17.3. The van der Waals surface area contributed by atoms with Crippen molar-refractivity contribution in [1.82, 2.24) is 9.91 Å². The number of amidine groups is 1. The number of nitrogens with zero attached hydrogens (tertiary/aromatic N) is 4. The molecule has 0 N–H and O–H groups in total. The average Bonchev–Trinajstić information content (AvgIpc) is 3.21. The molecule has 1 spiro atoms. The SMILES string of the molecule is C=C(CC)[C@H]1N2C=CN(CCOC(C)=O)N=C2C[C@@H](c2cccc(Cl)c2)[C@]12C=Nc1cc(Cl)ccc12. The van der Waals surface area contributed by atoms with E-state index in [1.807, 2.05) is 41.5 Å². The molecule has 5 rings (SSSR count). The Morgan fingerprint density at radius 3 is 2.75 bits per heavy atom. The summed E-state index contributed by atoms with van der Waals surface area (Å²) in [5, 5.41) is 8.12. The standard InChI is InChI=1S/C28H28Cl2N4O2/c1-4-18(2)27-28(17-31-25-15-22(30)8-9-23(25)28)24(20-6-5-7-21(29)14-20)16-26-32-33(10-11-34(26)27)12-13-36-19(3)35/h5-11,14-15,17,24,27H,2,4,12-13,16H2,1,3H3/t24-,27+,28+/m0/s1. The maximum Gasteiger partial charge on any atom is 0.302 e. The van der Waals surface area contributed by atoms with Gasteiger partial charge in [0, 0.05) is 47.9 Å². The van der Waals surface area contributed by atoms with Crippen LogP contribution >= 0.6 is 23.2 Å². The number of hydrogen-bond donors (Lipinski definition) is 0. The fourth-order valence-electron chi connectivity index (χ4n) is 5.59. The molecule has 1 saturated heterocycles. The lowest BCUT2D eigenvalue weighted by molar-refractivity contribution is -0.141. The second-order valence-electron chi connectivity index (χ2n) is 9.30. The molecule has 0 aliphatic carbocycles. The van der Waals surface area contributed by atoms with Gasteiger partial charge in [0.15, 0.2) is 0 Å². The number of carbonyl (C=O) groups is 1. The van der Waals surface area contributed by atoms with Gasteiger partial charge in [-0.05, 0) is 41.8 Å². The van der Waals surface area contributed by atoms with E-state index in [9.17, 15) is 4.79 Å². The van der Waals surface area contributed by atoms with E-state index in [-0.39, 0.29) is 24.5 Å². The Morgan fingerprint density at radius 2 is 2.00 bits per heavy atom. The Hall–Kier alpha value is -3.09. The van der Waals surface area contributed by atoms with Crippen molar-refractivity contribution in [2.45, 2.75) is 44.1 Å². The number of rotatable bonds is 6. The van der Waals surface area contributed by atoms with Gasteiger partial charge >= 0.3 is 5.97 Å². The van der Waals surface area contributed by atoms with Gasteiger partial charge in [0.05, 0.1) is 23.7 Å². The number of hydrazone groups is 1. The number of aliphatic imine (C=N–C) groups is 1. The van der Waals surface area contributed by atoms with Crippen molar-refractivity contribution in [2.75, 3.05) is 13.2 Å². The van der Waals surface area contributed by atoms with Crippen LogP contribution in [0.25, 0.3) is 0 Å². The van der Waals surface area contributed by atoms with Gasteiger partial charge in [-0.15, -0.1) is 0 Å². The molecule has 0 bridgehead atoms. The molecular formula is C28H28Cl2N4O2. The van der Waals surface area contributed by atoms with Crippen molar-refractivity contribution in [1.29, 1.82) is 0 Å². The number of carbonyl (C=O) groups excluding carboxylic acids is 1. The van der Waals surface area contributed by atoms with Crippen LogP contribution in [0.3, 0.4) is 0 Å². The molecule has 36 heavy (non-hydrogen) atoms. The first-order valence-corrected chi connectivity index (χ1v) is 12.8. The molecule has 0 unspecified atom stereocenters. The van der Waals surface area contributed by atoms with Crippen LogP contribution in [-0.4, -0.2) is 47.1 Å². The zero-order valence-electron chi connectivity index (χ0n) is 20.3. The smallest absolute Gasteiger partial charge is 0.302 e. The van der Waals surface area contributed by atoms with E-state index >= 15 is 0 Å². The van der Waals surface area contributed by atoms with Gasteiger partial charge in [0.1, 0.15) is 12.4 Å². The third-order valence-corrected chi connectivity index (χ3v) is 7.67. The van der Waals surface area contributed by atoms with Crippen molar-refractivity contribution in [2.24, 2.45) is 10.1 Å². The molecule has 0 radical (unpaired) electrons. The van der Waals surface area contributed by atoms with Gasteiger partial charge in [-0.3, -0.25) is 14.8 Å². The minimum Gasteiger partial charge on any atom is -0.464 e. The second kappa shape index (κ2) is 9.75. The van der Waals surface area contributed by atoms with Crippen LogP contribution in [0.5, 0.6) is 0 Å². The summed E-state index contributed by atoms with van der Waals surface area (Å²) in [5.74, 6) is 0.628. The molecule has 186 valence electrons. The Morgan fingerprint density at radius 1 is 1.19 bits per heavy atom. The Bertz CT molecular complexity index is 1300. The second-order valence-corrected chi connectivity index (χ2v) is 10.2. The van der Waals surface area contributed by atoms with Crippen LogP contribution in [0.1, 0.15) is 43.7 Å². The number of halogens is 2. The summed E-state index contributed by atoms with van der Waals surface area (Å²) in [6.07, 6.45) is 7.53. The highest BCUT2D eigenvalue weighted by molar-refractivity contribution is 6.31. The molecule has 2 aromatic carbocycles. The highest BCUT2D eigenvalue weighted by Crippen LogP contribution is 2.56. The van der Waals surface area contributed by atoms with Gasteiger partial charge in [0.25, 0.3) is 0 Å². The summed E-state index contributed by atoms with van der Waals surface area (Å²) in [6, 6.07) is 13.9. The number of ether oxygens (including phenoxy) is 1. The van der Waals surface area contributed by atoms with E-state index in [2.05, 4.69) is 42.9 Å². The summed E-state index contributed by atoms with van der Waals surface area (Å²) >= 11 is 12.8. The summed E-state index contributed by atoms with van der Waals surface area (Å²) in [6.45, 7) is 8.79. The van der Waals surface area contributed by atoms with Gasteiger partial charge in [0.2, 0.25) is 0 Å². The zero-order valence-corrected chi connectivity index (χ0v) is 21.8. The molecule has 3 aliphatic heterocycles. The number of fused-ring (bicyclic) bond motifs is 3. The number of piperidine rings is 1. The molecule has 1 fully saturated rings. The van der Waals surface area contributed by atoms with Crippen LogP contribution in [0.4, 0.5) is 5.69 Å². The lowest BCUT2D eigenvalue weighted by Gasteiger charge is -2.53. The fraction of sp³-hybridized carbons (Fsp3) is 0.321. The lowest BCUT2D eigenvalue weighted by atomic mass is 9.59. The predicted molar refractivity (Wildman–Crippen MR) is 145 cm³/mol. The van der Waals surface area contributed by atoms with Crippen molar-refractivity contribution in [3.05, 3.63) is 88.2 Å². The van der Waals surface area contributed by atoms with E-state index in [4.69, 9.17) is 38.0 Å². The topological polar surface area (TPSA) is 57.5 Å². The Balaban J connectivity index is 1.64. The Kier molecular flexibility index (Phi) is 6.66. The summed E-state index contributed by atoms with van der Waals surface area (Å²) in [4.78, 5) is 18.3. The van der Waals surface area contributed by atoms with E-state index in [0.29, 0.717) is 23.0 Å². The van der Waals surface area contributed by atoms with Crippen molar-refractivity contribution in [3.8, 4) is 0 Å². The third kappa shape index (κ3) is 4.22. The molecule has 8 heteroatoms. The number of esters is 1. The van der Waals surface area contributed by atoms with E-state index in [0.717, 1.165) is 34.6 Å². The molecule has 3 heterocycles. The highest BCUT2D eigenvalue weighted by Gasteiger charge is 2.56. The molecular weight excluding hydrogens is 495 g/mol. The van der Waals surface area contributed by atoms with Crippen LogP contribution < -0.4 is 0 Å². The summed E-state index contributed by atoms with van der Waals surface area (Å²) in [7, 11) is 0. The predicted octanol–water partition coefficient (Wildman–Crippen LogP) is 6.43. The van der Waals surface area contributed by atoms with Crippen molar-refractivity contribution >= 4 is 46.9 Å². The van der Waals surface area contributed by atoms with Crippen LogP contribution in [0.2, 0.25) is 10.0 Å². The molecule has 2 aromatic rings. The van der Waals surface area contributed by atoms with Gasteiger partial charge in [-0.2, -0.15) is 5.10 Å². The molecule has 6 nitrogen and oxygen atoms in total. The maximum absolute atomic E-state index is 11.2. The zero-order chi connectivity index (χ0) is 25.4. The monoisotopic (exact) mass is 522 g/mol. The summed E-state index contributed by atoms with van der Waals surface area (Å²) in [5.41, 5.74) is 3.73. The molecule has 3 aliphatic rings. The van der Waals surface area contributed by atoms with Gasteiger partial charge in [-0.1, -0.05) is 60.5 Å². The number of benzene rings is 2. The third-order valence-electron chi connectivity index (χ3n) is 7.20. The van der Waals surface area contributed by atoms with Crippen molar-refractivity contribution < 1.29 is 9.53 Å². The Labute approximate surface area is 221 Å². The molecule has 0 amide bonds. The quantitative estimate of drug-likeness (QED) is 0.323. The average molecular weight is 523 g/mol. The van der Waals surface area contributed by atoms with E-state index in [1.165, 1.54) is 6.92 Å². The molecule has 3 atom stereocenters. The summed E-state index contributed by atoms with van der Waals surface area (Å²) < 4.78 is 5.13. The van der Waals surface area contributed by atoms with E-state index < -0.39 is 5.41 Å². The first kappa shape index (κ1) is 24.6. The first-order valence-electron chi connectivity index (χ1n) is 12.1. The normalized spacial score (nSPS) is 23.9.